The van der Waals surface area contributed by atoms with Crippen LogP contribution in [0.5, 0.6) is 0 Å². The summed E-state index contributed by atoms with van der Waals surface area (Å²) in [5, 5.41) is 4.70. The SMILES string of the molecule is CC.CC.CC.CC.CN=O.CNC(=O)n1ccnc1.[W].[W]. The van der Waals surface area contributed by atoms with E-state index < -0.39 is 0 Å². The molecule has 1 N–H and O–H groups in total. The summed E-state index contributed by atoms with van der Waals surface area (Å²) in [6, 6.07) is -0.174. The zero-order valence-electron chi connectivity index (χ0n) is 15.7. The van der Waals surface area contributed by atoms with Crippen LogP contribution in [0.1, 0.15) is 55.4 Å². The molecule has 0 saturated heterocycles. The molecule has 134 valence electrons. The van der Waals surface area contributed by atoms with Crippen molar-refractivity contribution in [3.63, 3.8) is 0 Å². The number of carbonyl (C=O) groups is 1. The van der Waals surface area contributed by atoms with E-state index in [2.05, 4.69) is 15.5 Å². The van der Waals surface area contributed by atoms with E-state index in [4.69, 9.17) is 4.91 Å². The maximum atomic E-state index is 10.7. The van der Waals surface area contributed by atoms with Gasteiger partial charge in [-0.25, -0.2) is 9.78 Å². The molecule has 6 nitrogen and oxygen atoms in total. The van der Waals surface area contributed by atoms with E-state index in [1.807, 2.05) is 55.4 Å². The summed E-state index contributed by atoms with van der Waals surface area (Å²) in [6.07, 6.45) is 4.58. The number of hydrogen-bond donors (Lipinski definition) is 1. The van der Waals surface area contributed by atoms with Crippen LogP contribution in [-0.4, -0.2) is 29.7 Å². The van der Waals surface area contributed by atoms with Gasteiger partial charge in [0.1, 0.15) is 6.33 Å². The predicted molar refractivity (Wildman–Crippen MR) is 89.2 cm³/mol. The summed E-state index contributed by atoms with van der Waals surface area (Å²) in [7, 11) is 2.77. The van der Waals surface area contributed by atoms with E-state index in [0.29, 0.717) is 0 Å². The topological polar surface area (TPSA) is 76.3 Å². The second-order valence-corrected chi connectivity index (χ2v) is 1.71. The van der Waals surface area contributed by atoms with E-state index in [1.165, 1.54) is 17.9 Å². The van der Waals surface area contributed by atoms with E-state index >= 15 is 0 Å². The van der Waals surface area contributed by atoms with Gasteiger partial charge in [-0.2, -0.15) is 4.91 Å². The molecule has 1 heterocycles. The van der Waals surface area contributed by atoms with Crippen molar-refractivity contribution in [2.75, 3.05) is 14.1 Å². The molecule has 8 heteroatoms. The summed E-state index contributed by atoms with van der Waals surface area (Å²) < 4.78 is 1.36. The minimum Gasteiger partial charge on any atom is -0.340 e. The molecule has 0 unspecified atom stereocenters. The van der Waals surface area contributed by atoms with Crippen LogP contribution in [0.15, 0.2) is 23.9 Å². The van der Waals surface area contributed by atoms with Crippen LogP contribution in [-0.2, 0) is 42.1 Å². The Kier molecular flexibility index (Phi) is 115. The Bertz CT molecular complexity index is 247. The standard InChI is InChI=1S/C5H7N3O.4C2H6.CH3NO.2W/c1-6-5(9)8-3-2-7-4-8;4*1-2;1-2-3;;/h2-4H,1H3,(H,6,9);4*1-2H3;1H3;;. The minimum atomic E-state index is -0.174. The van der Waals surface area contributed by atoms with E-state index in [1.54, 1.807) is 19.4 Å². The van der Waals surface area contributed by atoms with Crippen LogP contribution in [0.2, 0.25) is 0 Å². The number of imidazole rings is 1. The number of rotatable bonds is 0. The van der Waals surface area contributed by atoms with Gasteiger partial charge in [0.05, 0.1) is 7.05 Å². The number of nitrogens with one attached hydrogen (secondary N) is 1. The Morgan fingerprint density at radius 1 is 1.00 bits per heavy atom. The van der Waals surface area contributed by atoms with Crippen LogP contribution in [0.25, 0.3) is 0 Å². The first-order valence-electron chi connectivity index (χ1n) is 7.17. The maximum Gasteiger partial charge on any atom is 0.326 e. The predicted octanol–water partition coefficient (Wildman–Crippen LogP) is 4.55. The van der Waals surface area contributed by atoms with E-state index in [-0.39, 0.29) is 48.2 Å². The number of carbonyl (C=O) groups excluding carboxylic acids is 1. The van der Waals surface area contributed by atoms with Gasteiger partial charge in [-0.3, -0.25) is 4.57 Å². The molecule has 1 rings (SSSR count). The average molecular weight is 658 g/mol. The molecule has 0 aliphatic rings. The van der Waals surface area contributed by atoms with Gasteiger partial charge in [-0.1, -0.05) is 60.6 Å². The molecule has 0 saturated carbocycles. The Morgan fingerprint density at radius 2 is 1.32 bits per heavy atom. The number of nitroso groups, excluding NO2 is 1. The molecule has 1 amide bonds. The second kappa shape index (κ2) is 58.7. The van der Waals surface area contributed by atoms with E-state index in [0.717, 1.165) is 0 Å². The molecule has 1 aromatic rings. The smallest absolute Gasteiger partial charge is 0.326 e. The Labute approximate surface area is 165 Å². The average Bonchev–Trinajstić information content (AvgIpc) is 3.10. The van der Waals surface area contributed by atoms with Gasteiger partial charge in [0, 0.05) is 61.6 Å². The van der Waals surface area contributed by atoms with Gasteiger partial charge in [0.15, 0.2) is 0 Å². The summed E-state index contributed by atoms with van der Waals surface area (Å²) in [6.45, 7) is 16.0. The molecule has 0 radical (unpaired) electrons. The van der Waals surface area contributed by atoms with Crippen molar-refractivity contribution >= 4 is 6.03 Å². The zero-order chi connectivity index (χ0) is 17.4. The summed E-state index contributed by atoms with van der Waals surface area (Å²) in [5.41, 5.74) is 0. The molecule has 0 spiro atoms. The molecule has 0 atom stereocenters. The fraction of sp³-hybridized carbons (Fsp3) is 0.714. The number of nitrogens with zero attached hydrogens (tertiary/aromatic N) is 3. The molecular formula is C14H34N4O2W2. The van der Waals surface area contributed by atoms with Crippen LogP contribution >= 0.6 is 0 Å². The first kappa shape index (κ1) is 43.0. The fourth-order valence-electron chi connectivity index (χ4n) is 0.508. The van der Waals surface area contributed by atoms with Crippen molar-refractivity contribution in [1.29, 1.82) is 0 Å². The van der Waals surface area contributed by atoms with Crippen LogP contribution in [0.4, 0.5) is 4.79 Å². The van der Waals surface area contributed by atoms with Gasteiger partial charge < -0.3 is 5.32 Å². The van der Waals surface area contributed by atoms with Crippen molar-refractivity contribution in [3.05, 3.63) is 23.6 Å². The molecule has 0 aliphatic carbocycles. The van der Waals surface area contributed by atoms with Crippen molar-refractivity contribution < 1.29 is 46.9 Å². The molecule has 22 heavy (non-hydrogen) atoms. The van der Waals surface area contributed by atoms with Crippen molar-refractivity contribution in [2.24, 2.45) is 5.18 Å². The quantitative estimate of drug-likeness (QED) is 0.416. The van der Waals surface area contributed by atoms with Crippen LogP contribution < -0.4 is 5.32 Å². The Morgan fingerprint density at radius 3 is 1.50 bits per heavy atom. The number of hydrogen-bond acceptors (Lipinski definition) is 4. The second-order valence-electron chi connectivity index (χ2n) is 1.71. The summed E-state index contributed by atoms with van der Waals surface area (Å²) in [4.78, 5) is 22.9. The molecule has 0 aromatic carbocycles. The van der Waals surface area contributed by atoms with Gasteiger partial charge in [0.2, 0.25) is 0 Å². The summed E-state index contributed by atoms with van der Waals surface area (Å²) in [5.74, 6) is 0. The van der Waals surface area contributed by atoms with Crippen LogP contribution in [0.3, 0.4) is 0 Å². The summed E-state index contributed by atoms with van der Waals surface area (Å²) >= 11 is 0. The first-order chi connectivity index (χ1) is 9.76. The van der Waals surface area contributed by atoms with Gasteiger partial charge >= 0.3 is 6.03 Å². The number of amides is 1. The van der Waals surface area contributed by atoms with Crippen molar-refractivity contribution in [2.45, 2.75) is 55.4 Å². The zero-order valence-corrected chi connectivity index (χ0v) is 21.6. The minimum absolute atomic E-state index is 0. The first-order valence-corrected chi connectivity index (χ1v) is 7.17. The molecule has 0 fully saturated rings. The monoisotopic (exact) mass is 658 g/mol. The maximum absolute atomic E-state index is 10.7. The molecule has 0 aliphatic heterocycles. The Balaban J connectivity index is -0.0000000299. The van der Waals surface area contributed by atoms with Crippen LogP contribution in [0, 0.1) is 4.91 Å². The third-order valence-electron chi connectivity index (χ3n) is 0.953. The number of aromatic nitrogens is 2. The fourth-order valence-corrected chi connectivity index (χ4v) is 0.508. The van der Waals surface area contributed by atoms with E-state index in [9.17, 15) is 4.79 Å². The molecular weight excluding hydrogens is 624 g/mol. The molecule has 0 bridgehead atoms. The largest absolute Gasteiger partial charge is 0.340 e. The van der Waals surface area contributed by atoms with Gasteiger partial charge in [-0.15, -0.1) is 0 Å². The van der Waals surface area contributed by atoms with Gasteiger partial charge in [-0.05, 0) is 0 Å². The third-order valence-corrected chi connectivity index (χ3v) is 0.953. The van der Waals surface area contributed by atoms with Gasteiger partial charge in [0.25, 0.3) is 0 Å². The van der Waals surface area contributed by atoms with Crippen molar-refractivity contribution in [3.8, 4) is 0 Å². The van der Waals surface area contributed by atoms with Crippen molar-refractivity contribution in [1.82, 2.24) is 14.9 Å². The normalized spacial score (nSPS) is 5.36. The third kappa shape index (κ3) is 42.7. The Hall–Kier alpha value is -0.343. The molecule has 1 aromatic heterocycles.